The average Bonchev–Trinajstić information content (AvgIpc) is 3.40. The summed E-state index contributed by atoms with van der Waals surface area (Å²) in [6.07, 6.45) is 1.90. The third-order valence-electron chi connectivity index (χ3n) is 8.28. The second-order valence-electron chi connectivity index (χ2n) is 11.9. The standard InChI is InChI=1S/C36H59N3O12/c1-43-34(40)8-10-37-11-13-38(14-12-37)15-17-45-19-21-47-23-25-49-27-29-51-31-30-50-28-26-48-24-22-46-20-18-44-16-5-4-9-39-35(41)32-6-2-3-7-33(32)36(39)42/h2-3,6-7H,4-5,8-31H2,1H3. The lowest BCUT2D eigenvalue weighted by Gasteiger charge is -2.34. The van der Waals surface area contributed by atoms with Crippen molar-refractivity contribution >= 4 is 17.8 Å². The summed E-state index contributed by atoms with van der Waals surface area (Å²) in [6.45, 7) is 14.2. The number of esters is 1. The minimum atomic E-state index is -0.216. The molecular weight excluding hydrogens is 666 g/mol. The number of carbonyl (C=O) groups excluding carboxylic acids is 3. The molecule has 1 aromatic carbocycles. The summed E-state index contributed by atoms with van der Waals surface area (Å²) in [6, 6.07) is 6.93. The van der Waals surface area contributed by atoms with Gasteiger partial charge in [0.25, 0.3) is 11.8 Å². The zero-order valence-electron chi connectivity index (χ0n) is 30.4. The predicted octanol–water partition coefficient (Wildman–Crippen LogP) is 1.38. The molecule has 15 nitrogen and oxygen atoms in total. The summed E-state index contributed by atoms with van der Waals surface area (Å²) >= 11 is 0. The van der Waals surface area contributed by atoms with Crippen LogP contribution in [0.3, 0.4) is 0 Å². The number of amides is 2. The topological polar surface area (TPSA) is 144 Å². The molecule has 0 aromatic heterocycles. The van der Waals surface area contributed by atoms with Crippen LogP contribution in [-0.2, 0) is 47.4 Å². The summed E-state index contributed by atoms with van der Waals surface area (Å²) in [5, 5.41) is 0. The van der Waals surface area contributed by atoms with Crippen LogP contribution in [0.4, 0.5) is 0 Å². The summed E-state index contributed by atoms with van der Waals surface area (Å²) in [4.78, 5) is 42.0. The Morgan fingerprint density at radius 1 is 0.510 bits per heavy atom. The van der Waals surface area contributed by atoms with Crippen molar-refractivity contribution in [3.63, 3.8) is 0 Å². The highest BCUT2D eigenvalue weighted by Gasteiger charge is 2.34. The number of ether oxygens (including phenoxy) is 9. The quantitative estimate of drug-likeness (QED) is 0.0599. The molecule has 2 aliphatic heterocycles. The number of piperazine rings is 1. The number of benzene rings is 1. The van der Waals surface area contributed by atoms with Gasteiger partial charge < -0.3 is 47.5 Å². The maximum Gasteiger partial charge on any atom is 0.306 e. The molecule has 1 aromatic rings. The Bertz CT molecular complexity index is 1050. The number of hydrogen-bond donors (Lipinski definition) is 0. The van der Waals surface area contributed by atoms with Crippen molar-refractivity contribution in [2.24, 2.45) is 0 Å². The van der Waals surface area contributed by atoms with E-state index in [-0.39, 0.29) is 17.8 Å². The van der Waals surface area contributed by atoms with Gasteiger partial charge in [-0.25, -0.2) is 0 Å². The van der Waals surface area contributed by atoms with Gasteiger partial charge in [0.15, 0.2) is 0 Å². The maximum absolute atomic E-state index is 12.4. The molecule has 51 heavy (non-hydrogen) atoms. The molecule has 1 fully saturated rings. The Balaban J connectivity index is 0.935. The van der Waals surface area contributed by atoms with Crippen LogP contribution in [0, 0.1) is 0 Å². The minimum absolute atomic E-state index is 0.155. The number of methoxy groups -OCH3 is 1. The van der Waals surface area contributed by atoms with Crippen LogP contribution in [0.15, 0.2) is 24.3 Å². The van der Waals surface area contributed by atoms with Gasteiger partial charge in [-0.3, -0.25) is 24.2 Å². The van der Waals surface area contributed by atoms with Gasteiger partial charge in [-0.1, -0.05) is 12.1 Å². The van der Waals surface area contributed by atoms with Crippen molar-refractivity contribution in [2.45, 2.75) is 19.3 Å². The Morgan fingerprint density at radius 2 is 0.882 bits per heavy atom. The molecular formula is C36H59N3O12. The van der Waals surface area contributed by atoms with Gasteiger partial charge in [0, 0.05) is 52.4 Å². The molecule has 0 unspecified atom stereocenters. The Kier molecular flexibility index (Phi) is 23.5. The summed E-state index contributed by atoms with van der Waals surface area (Å²) < 4.78 is 49.0. The van der Waals surface area contributed by atoms with Crippen molar-refractivity contribution in [1.82, 2.24) is 14.7 Å². The molecule has 2 amide bonds. The predicted molar refractivity (Wildman–Crippen MR) is 187 cm³/mol. The molecule has 1 saturated heterocycles. The van der Waals surface area contributed by atoms with Crippen molar-refractivity contribution in [3.05, 3.63) is 35.4 Å². The van der Waals surface area contributed by atoms with Crippen LogP contribution in [0.1, 0.15) is 40.0 Å². The van der Waals surface area contributed by atoms with E-state index < -0.39 is 0 Å². The molecule has 2 heterocycles. The maximum atomic E-state index is 12.4. The van der Waals surface area contributed by atoms with Crippen molar-refractivity contribution in [1.29, 1.82) is 0 Å². The minimum Gasteiger partial charge on any atom is -0.469 e. The number of imide groups is 1. The number of fused-ring (bicyclic) bond motifs is 1. The first-order chi connectivity index (χ1) is 25.1. The fourth-order valence-corrected chi connectivity index (χ4v) is 5.34. The molecule has 0 bridgehead atoms. The number of rotatable bonds is 32. The van der Waals surface area contributed by atoms with Gasteiger partial charge in [-0.2, -0.15) is 0 Å². The molecule has 0 aliphatic carbocycles. The van der Waals surface area contributed by atoms with Crippen LogP contribution >= 0.6 is 0 Å². The van der Waals surface area contributed by atoms with E-state index in [1.807, 2.05) is 0 Å². The molecule has 0 N–H and O–H groups in total. The second kappa shape index (κ2) is 28.0. The smallest absolute Gasteiger partial charge is 0.306 e. The first kappa shape index (κ1) is 42.8. The SMILES string of the molecule is COC(=O)CCN1CCN(CCOCCOCCOCCOCCOCCOCCOCCOCCCCN2C(=O)c3ccccc3C2=O)CC1. The molecule has 15 heteroatoms. The highest BCUT2D eigenvalue weighted by atomic mass is 16.6. The fourth-order valence-electron chi connectivity index (χ4n) is 5.34. The highest BCUT2D eigenvalue weighted by molar-refractivity contribution is 6.21. The Labute approximate surface area is 302 Å². The zero-order valence-corrected chi connectivity index (χ0v) is 30.4. The third-order valence-corrected chi connectivity index (χ3v) is 8.28. The van der Waals surface area contributed by atoms with Gasteiger partial charge in [0.2, 0.25) is 0 Å². The van der Waals surface area contributed by atoms with Gasteiger partial charge >= 0.3 is 5.97 Å². The monoisotopic (exact) mass is 725 g/mol. The van der Waals surface area contributed by atoms with Crippen molar-refractivity contribution in [2.75, 3.05) is 159 Å². The molecule has 290 valence electrons. The Morgan fingerprint density at radius 3 is 1.29 bits per heavy atom. The second-order valence-corrected chi connectivity index (χ2v) is 11.9. The van der Waals surface area contributed by atoms with Crippen molar-refractivity contribution < 1.29 is 57.0 Å². The van der Waals surface area contributed by atoms with Crippen LogP contribution in [0.5, 0.6) is 0 Å². The molecule has 0 spiro atoms. The number of nitrogens with zero attached hydrogens (tertiary/aromatic N) is 3. The fraction of sp³-hybridized carbons (Fsp3) is 0.750. The van der Waals surface area contributed by atoms with E-state index in [0.29, 0.717) is 136 Å². The van der Waals surface area contributed by atoms with Crippen molar-refractivity contribution in [3.8, 4) is 0 Å². The summed E-state index contributed by atoms with van der Waals surface area (Å²) in [5.74, 6) is -0.587. The van der Waals surface area contributed by atoms with E-state index in [9.17, 15) is 14.4 Å². The molecule has 0 atom stereocenters. The van der Waals surface area contributed by atoms with Crippen LogP contribution in [-0.4, -0.2) is 191 Å². The molecule has 3 rings (SSSR count). The van der Waals surface area contributed by atoms with Gasteiger partial charge in [0.05, 0.1) is 124 Å². The van der Waals surface area contributed by atoms with Crippen LogP contribution < -0.4 is 0 Å². The van der Waals surface area contributed by atoms with E-state index in [1.165, 1.54) is 12.0 Å². The first-order valence-corrected chi connectivity index (χ1v) is 18.2. The van der Waals surface area contributed by atoms with E-state index >= 15 is 0 Å². The third kappa shape index (κ3) is 18.7. The average molecular weight is 726 g/mol. The zero-order chi connectivity index (χ0) is 36.2. The van der Waals surface area contributed by atoms with Crippen LogP contribution in [0.2, 0.25) is 0 Å². The lowest BCUT2D eigenvalue weighted by atomic mass is 10.1. The van der Waals surface area contributed by atoms with E-state index in [0.717, 1.165) is 45.7 Å². The van der Waals surface area contributed by atoms with Gasteiger partial charge in [0.1, 0.15) is 0 Å². The molecule has 0 saturated carbocycles. The number of unbranched alkanes of at least 4 members (excludes halogenated alkanes) is 1. The summed E-state index contributed by atoms with van der Waals surface area (Å²) in [5.41, 5.74) is 0.968. The van der Waals surface area contributed by atoms with Gasteiger partial charge in [-0.05, 0) is 25.0 Å². The lowest BCUT2D eigenvalue weighted by molar-refractivity contribution is -0.141. The van der Waals surface area contributed by atoms with Crippen LogP contribution in [0.25, 0.3) is 0 Å². The molecule has 2 aliphatic rings. The van der Waals surface area contributed by atoms with E-state index in [4.69, 9.17) is 42.6 Å². The number of carbonyl (C=O) groups is 3. The first-order valence-electron chi connectivity index (χ1n) is 18.2. The Hall–Kier alpha value is -2.57. The van der Waals surface area contributed by atoms with E-state index in [1.54, 1.807) is 24.3 Å². The molecule has 0 radical (unpaired) electrons. The summed E-state index contributed by atoms with van der Waals surface area (Å²) in [7, 11) is 1.43. The highest BCUT2D eigenvalue weighted by Crippen LogP contribution is 2.22. The normalized spacial score (nSPS) is 15.2. The largest absolute Gasteiger partial charge is 0.469 e. The lowest BCUT2D eigenvalue weighted by Crippen LogP contribution is -2.47. The van der Waals surface area contributed by atoms with Gasteiger partial charge in [-0.15, -0.1) is 0 Å². The van der Waals surface area contributed by atoms with E-state index in [2.05, 4.69) is 9.80 Å². The number of hydrogen-bond acceptors (Lipinski definition) is 14.